The molecule has 184 valence electrons. The summed E-state index contributed by atoms with van der Waals surface area (Å²) >= 11 is 5.69. The molecule has 2 aromatic carbocycles. The quantitative estimate of drug-likeness (QED) is 0.516. The van der Waals surface area contributed by atoms with Gasteiger partial charge in [-0.1, -0.05) is 17.7 Å². The minimum Gasteiger partial charge on any atom is -0.493 e. The monoisotopic (exact) mass is 521 g/mol. The molecule has 14 heteroatoms. The zero-order valence-corrected chi connectivity index (χ0v) is 19.3. The number of nitrogens with one attached hydrogen (secondary N) is 2. The van der Waals surface area contributed by atoms with E-state index in [2.05, 4.69) is 0 Å². The normalized spacial score (nSPS) is 18.7. The minimum atomic E-state index is -5.49. The number of carbonyl (C=O) groups excluding carboxylic acids is 2. The van der Waals surface area contributed by atoms with Gasteiger partial charge >= 0.3 is 12.2 Å². The van der Waals surface area contributed by atoms with Gasteiger partial charge in [0.2, 0.25) is 10.0 Å². The molecule has 0 aromatic heterocycles. The summed E-state index contributed by atoms with van der Waals surface area (Å²) in [4.78, 5) is 24.9. The van der Waals surface area contributed by atoms with Crippen LogP contribution < -0.4 is 19.5 Å². The van der Waals surface area contributed by atoms with Crippen LogP contribution in [0, 0.1) is 0 Å². The Balaban J connectivity index is 1.87. The lowest BCUT2D eigenvalue weighted by molar-refractivity contribution is -0.198. The number of urea groups is 1. The molecule has 0 aliphatic carbocycles. The highest BCUT2D eigenvalue weighted by Gasteiger charge is 2.69. The molecular weight excluding hydrogens is 503 g/mol. The van der Waals surface area contributed by atoms with Crippen LogP contribution in [0.3, 0.4) is 0 Å². The van der Waals surface area contributed by atoms with Gasteiger partial charge in [0.05, 0.1) is 19.1 Å². The van der Waals surface area contributed by atoms with Crippen molar-refractivity contribution in [3.05, 3.63) is 53.1 Å². The van der Waals surface area contributed by atoms with E-state index < -0.39 is 45.2 Å². The number of sulfonamides is 1. The summed E-state index contributed by atoms with van der Waals surface area (Å²) in [6.45, 7) is -0.458. The van der Waals surface area contributed by atoms with E-state index in [1.54, 1.807) is 12.1 Å². The van der Waals surface area contributed by atoms with Crippen molar-refractivity contribution in [3.63, 3.8) is 0 Å². The zero-order chi connectivity index (χ0) is 25.3. The number of methoxy groups -OCH3 is 2. The number of hydrogen-bond donors (Lipinski definition) is 2. The minimum absolute atomic E-state index is 0.0304. The molecule has 9 nitrogen and oxygen atoms in total. The molecule has 0 radical (unpaired) electrons. The number of benzene rings is 2. The number of rotatable bonds is 8. The lowest BCUT2D eigenvalue weighted by Gasteiger charge is -2.29. The first-order valence-corrected chi connectivity index (χ1v) is 11.4. The molecule has 0 bridgehead atoms. The Morgan fingerprint density at radius 2 is 1.68 bits per heavy atom. The molecule has 1 aliphatic heterocycles. The number of imide groups is 1. The molecule has 3 amide bonds. The van der Waals surface area contributed by atoms with Crippen molar-refractivity contribution in [1.29, 1.82) is 0 Å². The Bertz CT molecular complexity index is 1210. The number of ether oxygens (including phenoxy) is 2. The standard InChI is InChI=1S/C20H19ClF3N3O6S/c1-32-15-8-3-12(11-16(15)33-2)9-10-27-17(28)19(20(22,23)24,25-18(27)29)26-34(30,31)14-6-4-13(21)5-7-14/h3-8,11,26H,9-10H2,1-2H3,(H,25,29). The summed E-state index contributed by atoms with van der Waals surface area (Å²) in [6.07, 6.45) is -5.52. The molecular formula is C20H19ClF3N3O6S. The van der Waals surface area contributed by atoms with Gasteiger partial charge < -0.3 is 14.8 Å². The van der Waals surface area contributed by atoms with Crippen molar-refractivity contribution >= 4 is 33.6 Å². The average Bonchev–Trinajstić information content (AvgIpc) is 3.01. The fourth-order valence-corrected chi connectivity index (χ4v) is 4.64. The van der Waals surface area contributed by atoms with Crippen LogP contribution in [0.4, 0.5) is 18.0 Å². The third-order valence-corrected chi connectivity index (χ3v) is 6.73. The number of alkyl halides is 3. The second-order valence-corrected chi connectivity index (χ2v) is 9.25. The Morgan fingerprint density at radius 1 is 1.06 bits per heavy atom. The van der Waals surface area contributed by atoms with E-state index in [9.17, 15) is 31.2 Å². The van der Waals surface area contributed by atoms with Crippen molar-refractivity contribution in [2.75, 3.05) is 20.8 Å². The van der Waals surface area contributed by atoms with E-state index in [0.717, 1.165) is 24.3 Å². The first-order valence-electron chi connectivity index (χ1n) is 9.56. The Kier molecular flexibility index (Phi) is 7.01. The van der Waals surface area contributed by atoms with Crippen molar-refractivity contribution in [2.24, 2.45) is 0 Å². The van der Waals surface area contributed by atoms with Crippen molar-refractivity contribution in [3.8, 4) is 11.5 Å². The Hall–Kier alpha value is -3.03. The molecule has 0 spiro atoms. The van der Waals surface area contributed by atoms with Crippen LogP contribution in [0.5, 0.6) is 11.5 Å². The molecule has 1 unspecified atom stereocenters. The van der Waals surface area contributed by atoms with Gasteiger partial charge in [-0.05, 0) is 48.4 Å². The first-order chi connectivity index (χ1) is 15.8. The fourth-order valence-electron chi connectivity index (χ4n) is 3.25. The van der Waals surface area contributed by atoms with Gasteiger partial charge in [-0.25, -0.2) is 13.2 Å². The summed E-state index contributed by atoms with van der Waals surface area (Å²) in [5, 5.41) is 1.62. The number of carbonyl (C=O) groups is 2. The zero-order valence-electron chi connectivity index (χ0n) is 17.8. The maximum atomic E-state index is 14.0. The van der Waals surface area contributed by atoms with Crippen LogP contribution >= 0.6 is 11.6 Å². The van der Waals surface area contributed by atoms with Gasteiger partial charge in [0.15, 0.2) is 11.5 Å². The molecule has 1 aliphatic rings. The van der Waals surface area contributed by atoms with Gasteiger partial charge in [-0.2, -0.15) is 17.9 Å². The molecule has 1 fully saturated rings. The fraction of sp³-hybridized carbons (Fsp3) is 0.300. The van der Waals surface area contributed by atoms with Crippen molar-refractivity contribution in [2.45, 2.75) is 23.2 Å². The lowest BCUT2D eigenvalue weighted by atomic mass is 10.1. The van der Waals surface area contributed by atoms with Crippen molar-refractivity contribution < 1.29 is 40.7 Å². The highest BCUT2D eigenvalue weighted by molar-refractivity contribution is 7.89. The number of nitrogens with zero attached hydrogens (tertiary/aromatic N) is 1. The SMILES string of the molecule is COc1ccc(CCN2C(=O)NC(NS(=O)(=O)c3ccc(Cl)cc3)(C(F)(F)F)C2=O)cc1OC. The van der Waals surface area contributed by atoms with E-state index >= 15 is 0 Å². The van der Waals surface area contributed by atoms with E-state index in [0.29, 0.717) is 22.0 Å². The highest BCUT2D eigenvalue weighted by Crippen LogP contribution is 2.35. The number of amides is 3. The molecule has 1 atom stereocenters. The molecule has 1 heterocycles. The van der Waals surface area contributed by atoms with Crippen LogP contribution in [0.25, 0.3) is 0 Å². The van der Waals surface area contributed by atoms with Gasteiger partial charge in [-0.15, -0.1) is 0 Å². The van der Waals surface area contributed by atoms with Crippen LogP contribution in [0.1, 0.15) is 5.56 Å². The van der Waals surface area contributed by atoms with Crippen LogP contribution in [0.2, 0.25) is 5.02 Å². The van der Waals surface area contributed by atoms with Gasteiger partial charge in [0.25, 0.3) is 11.6 Å². The molecule has 2 aromatic rings. The van der Waals surface area contributed by atoms with Crippen LogP contribution in [0.15, 0.2) is 47.4 Å². The first kappa shape index (κ1) is 25.6. The predicted octanol–water partition coefficient (Wildman–Crippen LogP) is 2.69. The summed E-state index contributed by atoms with van der Waals surface area (Å²) in [5.74, 6) is -1.05. The number of hydrogen-bond acceptors (Lipinski definition) is 6. The third kappa shape index (κ3) is 4.76. The third-order valence-electron chi connectivity index (χ3n) is 5.01. The van der Waals surface area contributed by atoms with E-state index in [1.807, 2.05) is 0 Å². The Morgan fingerprint density at radius 3 is 2.24 bits per heavy atom. The van der Waals surface area contributed by atoms with Crippen molar-refractivity contribution in [1.82, 2.24) is 14.9 Å². The summed E-state index contributed by atoms with van der Waals surface area (Å²) < 4.78 is 78.9. The molecule has 34 heavy (non-hydrogen) atoms. The topological polar surface area (TPSA) is 114 Å². The predicted molar refractivity (Wildman–Crippen MR) is 114 cm³/mol. The molecule has 0 saturated carbocycles. The van der Waals surface area contributed by atoms with Crippen LogP contribution in [-0.4, -0.2) is 57.9 Å². The van der Waals surface area contributed by atoms with Gasteiger partial charge in [0.1, 0.15) is 0 Å². The maximum absolute atomic E-state index is 14.0. The van der Waals surface area contributed by atoms with Gasteiger partial charge in [0, 0.05) is 11.6 Å². The Labute approximate surface area is 197 Å². The second-order valence-electron chi connectivity index (χ2n) is 7.13. The summed E-state index contributed by atoms with van der Waals surface area (Å²) in [7, 11) is -2.07. The lowest BCUT2D eigenvalue weighted by Crippen LogP contribution is -2.69. The summed E-state index contributed by atoms with van der Waals surface area (Å²) in [5.41, 5.74) is -3.34. The molecule has 1 saturated heterocycles. The largest absolute Gasteiger partial charge is 0.493 e. The number of halogens is 4. The molecule has 3 rings (SSSR count). The summed E-state index contributed by atoms with van der Waals surface area (Å²) in [6, 6.07) is 7.51. The molecule has 2 N–H and O–H groups in total. The highest BCUT2D eigenvalue weighted by atomic mass is 35.5. The van der Waals surface area contributed by atoms with E-state index in [4.69, 9.17) is 21.1 Å². The van der Waals surface area contributed by atoms with Gasteiger partial charge in [-0.3, -0.25) is 9.69 Å². The smallest absolute Gasteiger partial charge is 0.435 e. The van der Waals surface area contributed by atoms with E-state index in [1.165, 1.54) is 30.3 Å². The van der Waals surface area contributed by atoms with Crippen LogP contribution in [-0.2, 0) is 21.2 Å². The second kappa shape index (κ2) is 9.31. The maximum Gasteiger partial charge on any atom is 0.435 e. The average molecular weight is 522 g/mol. The van der Waals surface area contributed by atoms with E-state index in [-0.39, 0.29) is 11.4 Å².